The van der Waals surface area contributed by atoms with Crippen molar-refractivity contribution in [2.45, 2.75) is 19.9 Å². The minimum Gasteiger partial charge on any atom is -0.342 e. The number of anilines is 2. The van der Waals surface area contributed by atoms with Crippen LogP contribution >= 0.6 is 15.9 Å². The van der Waals surface area contributed by atoms with Crippen molar-refractivity contribution in [2.24, 2.45) is 5.73 Å². The molecule has 0 amide bonds. The third-order valence-electron chi connectivity index (χ3n) is 3.24. The minimum absolute atomic E-state index is 0.0145. The summed E-state index contributed by atoms with van der Waals surface area (Å²) in [5, 5.41) is 0. The summed E-state index contributed by atoms with van der Waals surface area (Å²) in [6.45, 7) is 4.82. The molecule has 2 aromatic carbocycles. The summed E-state index contributed by atoms with van der Waals surface area (Å²) in [5.74, 6) is -0.224. The third-order valence-corrected chi connectivity index (χ3v) is 3.93. The van der Waals surface area contributed by atoms with Crippen LogP contribution in [-0.2, 0) is 0 Å². The highest BCUT2D eigenvalue weighted by Gasteiger charge is 2.11. The lowest BCUT2D eigenvalue weighted by atomic mass is 10.1. The molecule has 0 bridgehead atoms. The van der Waals surface area contributed by atoms with Gasteiger partial charge in [0.15, 0.2) is 0 Å². The summed E-state index contributed by atoms with van der Waals surface area (Å²) >= 11 is 3.56. The molecule has 2 nitrogen and oxygen atoms in total. The Kier molecular flexibility index (Phi) is 4.78. The van der Waals surface area contributed by atoms with E-state index in [0.29, 0.717) is 0 Å². The monoisotopic (exact) mass is 336 g/mol. The highest BCUT2D eigenvalue weighted by Crippen LogP contribution is 2.31. The van der Waals surface area contributed by atoms with Crippen LogP contribution in [0.5, 0.6) is 0 Å². The zero-order chi connectivity index (χ0) is 14.7. The fourth-order valence-corrected chi connectivity index (χ4v) is 2.92. The molecule has 0 saturated carbocycles. The SMILES string of the molecule is CCN(c1ccc(F)cc1)c1ccc([C@H](C)N)c(Br)c1. The van der Waals surface area contributed by atoms with E-state index in [1.165, 1.54) is 12.1 Å². The zero-order valence-electron chi connectivity index (χ0n) is 11.6. The van der Waals surface area contributed by atoms with Crippen LogP contribution in [0.2, 0.25) is 0 Å². The molecule has 4 heteroatoms. The van der Waals surface area contributed by atoms with Crippen molar-refractivity contribution < 1.29 is 4.39 Å². The maximum absolute atomic E-state index is 13.0. The number of benzene rings is 2. The Hall–Kier alpha value is -1.39. The lowest BCUT2D eigenvalue weighted by Crippen LogP contribution is -2.16. The van der Waals surface area contributed by atoms with Crippen LogP contribution in [0.15, 0.2) is 46.9 Å². The summed E-state index contributed by atoms with van der Waals surface area (Å²) in [6, 6.07) is 12.6. The number of hydrogen-bond donors (Lipinski definition) is 1. The van der Waals surface area contributed by atoms with E-state index in [2.05, 4.69) is 27.8 Å². The molecule has 0 radical (unpaired) electrons. The fourth-order valence-electron chi connectivity index (χ4n) is 2.19. The first-order valence-corrected chi connectivity index (χ1v) is 7.40. The standard InChI is InChI=1S/C16H18BrFN2/c1-3-20(13-6-4-12(18)5-7-13)14-8-9-15(11(2)19)16(17)10-14/h4-11H,3,19H2,1-2H3/t11-/m0/s1. The molecule has 2 aromatic rings. The van der Waals surface area contributed by atoms with Crippen molar-refractivity contribution in [1.29, 1.82) is 0 Å². The number of nitrogens with zero attached hydrogens (tertiary/aromatic N) is 1. The molecule has 0 aliphatic rings. The van der Waals surface area contributed by atoms with Crippen molar-refractivity contribution in [3.8, 4) is 0 Å². The van der Waals surface area contributed by atoms with Gasteiger partial charge < -0.3 is 10.6 Å². The van der Waals surface area contributed by atoms with E-state index in [1.54, 1.807) is 12.1 Å². The van der Waals surface area contributed by atoms with Gasteiger partial charge in [-0.05, 0) is 55.8 Å². The lowest BCUT2D eigenvalue weighted by molar-refractivity contribution is 0.628. The summed E-state index contributed by atoms with van der Waals surface area (Å²) in [4.78, 5) is 2.12. The third kappa shape index (κ3) is 3.19. The molecule has 0 unspecified atom stereocenters. The number of halogens is 2. The maximum atomic E-state index is 13.0. The van der Waals surface area contributed by atoms with E-state index in [9.17, 15) is 4.39 Å². The molecule has 2 rings (SSSR count). The molecule has 0 aromatic heterocycles. The minimum atomic E-state index is -0.224. The molecule has 0 aliphatic carbocycles. The summed E-state index contributed by atoms with van der Waals surface area (Å²) in [7, 11) is 0. The number of rotatable bonds is 4. The molecule has 0 fully saturated rings. The predicted octanol–water partition coefficient (Wildman–Crippen LogP) is 4.77. The van der Waals surface area contributed by atoms with Crippen molar-refractivity contribution in [1.82, 2.24) is 0 Å². The van der Waals surface area contributed by atoms with Gasteiger partial charge in [-0.1, -0.05) is 22.0 Å². The van der Waals surface area contributed by atoms with Gasteiger partial charge in [0, 0.05) is 28.4 Å². The molecular weight excluding hydrogens is 319 g/mol. The second-order valence-electron chi connectivity index (χ2n) is 4.72. The molecule has 20 heavy (non-hydrogen) atoms. The first-order valence-electron chi connectivity index (χ1n) is 6.61. The van der Waals surface area contributed by atoms with Crippen LogP contribution in [0, 0.1) is 5.82 Å². The fraction of sp³-hybridized carbons (Fsp3) is 0.250. The predicted molar refractivity (Wildman–Crippen MR) is 85.8 cm³/mol. The molecule has 0 aliphatic heterocycles. The first kappa shape index (κ1) is 15.0. The van der Waals surface area contributed by atoms with Gasteiger partial charge in [-0.15, -0.1) is 0 Å². The van der Waals surface area contributed by atoms with Crippen molar-refractivity contribution in [3.63, 3.8) is 0 Å². The van der Waals surface area contributed by atoms with Crippen LogP contribution in [-0.4, -0.2) is 6.54 Å². The average molecular weight is 337 g/mol. The quantitative estimate of drug-likeness (QED) is 0.871. The van der Waals surface area contributed by atoms with Crippen molar-refractivity contribution in [2.75, 3.05) is 11.4 Å². The summed E-state index contributed by atoms with van der Waals surface area (Å²) < 4.78 is 14.0. The van der Waals surface area contributed by atoms with E-state index in [4.69, 9.17) is 5.73 Å². The van der Waals surface area contributed by atoms with Crippen LogP contribution in [0.3, 0.4) is 0 Å². The largest absolute Gasteiger partial charge is 0.342 e. The Bertz CT molecular complexity index is 582. The Morgan fingerprint density at radius 1 is 1.15 bits per heavy atom. The lowest BCUT2D eigenvalue weighted by Gasteiger charge is -2.24. The Balaban J connectivity index is 2.37. The summed E-state index contributed by atoms with van der Waals surface area (Å²) in [5.41, 5.74) is 9.01. The molecular formula is C16H18BrFN2. The smallest absolute Gasteiger partial charge is 0.123 e. The van der Waals surface area contributed by atoms with Gasteiger partial charge >= 0.3 is 0 Å². The first-order chi connectivity index (χ1) is 9.52. The second-order valence-corrected chi connectivity index (χ2v) is 5.57. The maximum Gasteiger partial charge on any atom is 0.123 e. The van der Waals surface area contributed by atoms with E-state index in [0.717, 1.165) is 28.0 Å². The van der Waals surface area contributed by atoms with Gasteiger partial charge in [0.25, 0.3) is 0 Å². The van der Waals surface area contributed by atoms with Crippen molar-refractivity contribution >= 4 is 27.3 Å². The zero-order valence-corrected chi connectivity index (χ0v) is 13.2. The Morgan fingerprint density at radius 2 is 1.75 bits per heavy atom. The normalized spacial score (nSPS) is 12.2. The van der Waals surface area contributed by atoms with E-state index < -0.39 is 0 Å². The molecule has 1 atom stereocenters. The van der Waals surface area contributed by atoms with Gasteiger partial charge in [0.05, 0.1) is 0 Å². The van der Waals surface area contributed by atoms with E-state index >= 15 is 0 Å². The van der Waals surface area contributed by atoms with Gasteiger partial charge in [-0.2, -0.15) is 0 Å². The number of hydrogen-bond acceptors (Lipinski definition) is 2. The molecule has 0 spiro atoms. The Morgan fingerprint density at radius 3 is 2.25 bits per heavy atom. The topological polar surface area (TPSA) is 29.3 Å². The Labute approximate surface area is 127 Å². The summed E-state index contributed by atoms with van der Waals surface area (Å²) in [6.07, 6.45) is 0. The molecule has 0 heterocycles. The van der Waals surface area contributed by atoms with Gasteiger partial charge in [-0.25, -0.2) is 4.39 Å². The van der Waals surface area contributed by atoms with E-state index in [-0.39, 0.29) is 11.9 Å². The van der Waals surface area contributed by atoms with Crippen LogP contribution in [0.25, 0.3) is 0 Å². The second kappa shape index (κ2) is 6.37. The highest BCUT2D eigenvalue weighted by molar-refractivity contribution is 9.10. The molecule has 2 N–H and O–H groups in total. The van der Waals surface area contributed by atoms with Crippen LogP contribution < -0.4 is 10.6 Å². The van der Waals surface area contributed by atoms with Crippen LogP contribution in [0.4, 0.5) is 15.8 Å². The van der Waals surface area contributed by atoms with Gasteiger partial charge in [0.2, 0.25) is 0 Å². The average Bonchev–Trinajstić information content (AvgIpc) is 2.41. The molecule has 106 valence electrons. The highest BCUT2D eigenvalue weighted by atomic mass is 79.9. The van der Waals surface area contributed by atoms with Crippen molar-refractivity contribution in [3.05, 3.63) is 58.3 Å². The number of nitrogens with two attached hydrogens (primary N) is 1. The van der Waals surface area contributed by atoms with Crippen LogP contribution in [0.1, 0.15) is 25.5 Å². The van der Waals surface area contributed by atoms with Gasteiger partial charge in [-0.3, -0.25) is 0 Å². The van der Waals surface area contributed by atoms with Gasteiger partial charge in [0.1, 0.15) is 5.82 Å². The molecule has 0 saturated heterocycles. The van der Waals surface area contributed by atoms with E-state index in [1.807, 2.05) is 25.1 Å².